The number of fused-ring (bicyclic) bond motifs is 1. The van der Waals surface area contributed by atoms with Gasteiger partial charge in [0.1, 0.15) is 5.82 Å². The Hall–Kier alpha value is -1.40. The van der Waals surface area contributed by atoms with Crippen LogP contribution in [0.2, 0.25) is 0 Å². The van der Waals surface area contributed by atoms with Gasteiger partial charge in [-0.3, -0.25) is 0 Å². The summed E-state index contributed by atoms with van der Waals surface area (Å²) >= 11 is 0. The lowest BCUT2D eigenvalue weighted by molar-refractivity contribution is 0.337. The van der Waals surface area contributed by atoms with Gasteiger partial charge >= 0.3 is 0 Å². The van der Waals surface area contributed by atoms with Crippen LogP contribution in [-0.4, -0.2) is 31.2 Å². The molecule has 0 amide bonds. The summed E-state index contributed by atoms with van der Waals surface area (Å²) in [5.41, 5.74) is 7.54. The van der Waals surface area contributed by atoms with Crippen LogP contribution in [0.3, 0.4) is 0 Å². The van der Waals surface area contributed by atoms with E-state index in [-0.39, 0.29) is 11.3 Å². The van der Waals surface area contributed by atoms with E-state index in [0.29, 0.717) is 11.4 Å². The van der Waals surface area contributed by atoms with Gasteiger partial charge in [0.05, 0.1) is 15.9 Å². The molecule has 0 radical (unpaired) electrons. The number of nitrogens with one attached hydrogen (secondary N) is 1. The summed E-state index contributed by atoms with van der Waals surface area (Å²) in [4.78, 5) is 8.08. The third-order valence-corrected chi connectivity index (χ3v) is 4.54. The predicted octanol–water partition coefficient (Wildman–Crippen LogP) is 2.44. The highest BCUT2D eigenvalue weighted by molar-refractivity contribution is 7.90. The van der Waals surface area contributed by atoms with Crippen LogP contribution in [-0.2, 0) is 9.84 Å². The molecule has 0 aliphatic rings. The molecule has 2 rings (SSSR count). The van der Waals surface area contributed by atoms with E-state index in [4.69, 9.17) is 5.73 Å². The lowest BCUT2D eigenvalue weighted by Crippen LogP contribution is -2.20. The standard InChI is InChI=1S/C15H23N3O2S/c1-15(2,3)8-10(9-16)14-17-12-6-5-11(21(4,19)20)7-13(12)18-14/h5-7,10H,8-9,16H2,1-4H3,(H,17,18). The molecule has 0 spiro atoms. The second-order valence-electron chi connectivity index (χ2n) is 6.77. The highest BCUT2D eigenvalue weighted by Crippen LogP contribution is 2.30. The normalized spacial score (nSPS) is 14.5. The van der Waals surface area contributed by atoms with E-state index in [0.717, 1.165) is 23.3 Å². The van der Waals surface area contributed by atoms with Gasteiger partial charge in [-0.25, -0.2) is 13.4 Å². The first-order chi connectivity index (χ1) is 9.60. The van der Waals surface area contributed by atoms with E-state index < -0.39 is 9.84 Å². The van der Waals surface area contributed by atoms with Crippen LogP contribution >= 0.6 is 0 Å². The molecule has 21 heavy (non-hydrogen) atoms. The third-order valence-electron chi connectivity index (χ3n) is 3.43. The van der Waals surface area contributed by atoms with Gasteiger partial charge < -0.3 is 10.7 Å². The van der Waals surface area contributed by atoms with Crippen LogP contribution in [0, 0.1) is 5.41 Å². The number of hydrogen-bond donors (Lipinski definition) is 2. The van der Waals surface area contributed by atoms with Gasteiger partial charge in [0, 0.05) is 18.7 Å². The minimum Gasteiger partial charge on any atom is -0.342 e. The zero-order valence-corrected chi connectivity index (χ0v) is 13.8. The largest absolute Gasteiger partial charge is 0.342 e. The molecule has 3 N–H and O–H groups in total. The number of H-pyrrole nitrogens is 1. The van der Waals surface area contributed by atoms with E-state index in [2.05, 4.69) is 30.7 Å². The van der Waals surface area contributed by atoms with E-state index in [9.17, 15) is 8.42 Å². The summed E-state index contributed by atoms with van der Waals surface area (Å²) in [7, 11) is -3.21. The van der Waals surface area contributed by atoms with Crippen LogP contribution in [0.15, 0.2) is 23.1 Å². The minimum absolute atomic E-state index is 0.138. The molecule has 1 atom stereocenters. The summed E-state index contributed by atoms with van der Waals surface area (Å²) in [5, 5.41) is 0. The second kappa shape index (κ2) is 5.42. The van der Waals surface area contributed by atoms with Crippen molar-refractivity contribution in [3.63, 3.8) is 0 Å². The van der Waals surface area contributed by atoms with Crippen LogP contribution < -0.4 is 5.73 Å². The summed E-state index contributed by atoms with van der Waals surface area (Å²) in [6.45, 7) is 7.01. The van der Waals surface area contributed by atoms with Crippen molar-refractivity contribution < 1.29 is 8.42 Å². The lowest BCUT2D eigenvalue weighted by Gasteiger charge is -2.23. The smallest absolute Gasteiger partial charge is 0.175 e. The highest BCUT2D eigenvalue weighted by atomic mass is 32.2. The fourth-order valence-electron chi connectivity index (χ4n) is 2.46. The number of benzene rings is 1. The molecule has 6 heteroatoms. The van der Waals surface area contributed by atoms with E-state index in [1.807, 2.05) is 0 Å². The number of sulfone groups is 1. The molecule has 116 valence electrons. The Labute approximate surface area is 125 Å². The number of nitrogens with two attached hydrogens (primary N) is 1. The van der Waals surface area contributed by atoms with Gasteiger partial charge in [0.2, 0.25) is 0 Å². The topological polar surface area (TPSA) is 88.8 Å². The Morgan fingerprint density at radius 3 is 2.52 bits per heavy atom. The van der Waals surface area contributed by atoms with Gasteiger partial charge in [0.25, 0.3) is 0 Å². The van der Waals surface area contributed by atoms with Crippen molar-refractivity contribution in [1.82, 2.24) is 9.97 Å². The third kappa shape index (κ3) is 3.83. The number of hydrogen-bond acceptors (Lipinski definition) is 4. The molecule has 0 saturated carbocycles. The summed E-state index contributed by atoms with van der Waals surface area (Å²) in [6.07, 6.45) is 2.12. The molecular formula is C15H23N3O2S. The van der Waals surface area contributed by atoms with Gasteiger partial charge in [0.15, 0.2) is 9.84 Å². The van der Waals surface area contributed by atoms with Crippen molar-refractivity contribution in [1.29, 1.82) is 0 Å². The molecule has 1 aromatic heterocycles. The maximum Gasteiger partial charge on any atom is 0.175 e. The fourth-order valence-corrected chi connectivity index (χ4v) is 3.11. The van der Waals surface area contributed by atoms with Crippen molar-refractivity contribution in [3.05, 3.63) is 24.0 Å². The number of nitrogens with zero attached hydrogens (tertiary/aromatic N) is 1. The van der Waals surface area contributed by atoms with E-state index >= 15 is 0 Å². The number of rotatable bonds is 4. The van der Waals surface area contributed by atoms with Crippen LogP contribution in [0.1, 0.15) is 38.9 Å². The Morgan fingerprint density at radius 1 is 1.33 bits per heavy atom. The Balaban J connectivity index is 2.42. The maximum absolute atomic E-state index is 11.6. The van der Waals surface area contributed by atoms with Crippen molar-refractivity contribution >= 4 is 20.9 Å². The quantitative estimate of drug-likeness (QED) is 0.908. The van der Waals surface area contributed by atoms with Gasteiger partial charge in [-0.15, -0.1) is 0 Å². The first kappa shape index (κ1) is 16.0. The number of aromatic amines is 1. The second-order valence-corrected chi connectivity index (χ2v) is 8.79. The van der Waals surface area contributed by atoms with Gasteiger partial charge in [-0.2, -0.15) is 0 Å². The summed E-state index contributed by atoms with van der Waals surface area (Å²) < 4.78 is 23.2. The first-order valence-electron chi connectivity index (χ1n) is 7.00. The maximum atomic E-state index is 11.6. The Kier molecular flexibility index (Phi) is 4.13. The van der Waals surface area contributed by atoms with Gasteiger partial charge in [-0.1, -0.05) is 20.8 Å². The summed E-state index contributed by atoms with van der Waals surface area (Å²) in [6, 6.07) is 4.95. The molecule has 1 heterocycles. The van der Waals surface area contributed by atoms with E-state index in [1.165, 1.54) is 6.26 Å². The molecule has 0 aliphatic heterocycles. The van der Waals surface area contributed by atoms with Gasteiger partial charge in [-0.05, 0) is 30.0 Å². The predicted molar refractivity (Wildman–Crippen MR) is 85.1 cm³/mol. The van der Waals surface area contributed by atoms with Crippen molar-refractivity contribution in [2.24, 2.45) is 11.1 Å². The fraction of sp³-hybridized carbons (Fsp3) is 0.533. The molecule has 0 fully saturated rings. The number of aromatic nitrogens is 2. The molecular weight excluding hydrogens is 286 g/mol. The molecule has 0 bridgehead atoms. The molecule has 1 unspecified atom stereocenters. The number of imidazole rings is 1. The van der Waals surface area contributed by atoms with Crippen LogP contribution in [0.5, 0.6) is 0 Å². The van der Waals surface area contributed by atoms with Crippen molar-refractivity contribution in [2.75, 3.05) is 12.8 Å². The van der Waals surface area contributed by atoms with Crippen molar-refractivity contribution in [2.45, 2.75) is 38.0 Å². The Bertz CT molecular complexity index is 742. The van der Waals surface area contributed by atoms with Crippen LogP contribution in [0.25, 0.3) is 11.0 Å². The molecule has 1 aromatic carbocycles. The molecule has 5 nitrogen and oxygen atoms in total. The molecule has 2 aromatic rings. The molecule has 0 aliphatic carbocycles. The molecule has 0 saturated heterocycles. The highest BCUT2D eigenvalue weighted by Gasteiger charge is 2.22. The first-order valence-corrected chi connectivity index (χ1v) is 8.89. The average molecular weight is 309 g/mol. The zero-order chi connectivity index (χ0) is 15.8. The monoisotopic (exact) mass is 309 g/mol. The Morgan fingerprint density at radius 2 is 2.00 bits per heavy atom. The van der Waals surface area contributed by atoms with Crippen LogP contribution in [0.4, 0.5) is 0 Å². The minimum atomic E-state index is -3.21. The lowest BCUT2D eigenvalue weighted by atomic mass is 9.84. The summed E-state index contributed by atoms with van der Waals surface area (Å²) in [5.74, 6) is 0.965. The van der Waals surface area contributed by atoms with E-state index in [1.54, 1.807) is 18.2 Å². The zero-order valence-electron chi connectivity index (χ0n) is 13.0. The average Bonchev–Trinajstić information content (AvgIpc) is 2.76. The SMILES string of the molecule is CC(C)(C)CC(CN)c1nc2ccc(S(C)(=O)=O)cc2[nH]1. The van der Waals surface area contributed by atoms with Crippen molar-refractivity contribution in [3.8, 4) is 0 Å².